The number of rotatable bonds is 3. The monoisotopic (exact) mass is 294 g/mol. The van der Waals surface area contributed by atoms with Crippen molar-refractivity contribution in [3.05, 3.63) is 29.6 Å². The fourth-order valence-corrected chi connectivity index (χ4v) is 2.47. The number of hydrogen-bond acceptors (Lipinski definition) is 4. The molecule has 0 spiro atoms. The third-order valence-electron chi connectivity index (χ3n) is 3.64. The van der Waals surface area contributed by atoms with Gasteiger partial charge in [0.15, 0.2) is 0 Å². The minimum absolute atomic E-state index is 0.00841. The van der Waals surface area contributed by atoms with Gasteiger partial charge in [-0.1, -0.05) is 0 Å². The molecule has 1 aliphatic heterocycles. The van der Waals surface area contributed by atoms with Crippen LogP contribution in [0.5, 0.6) is 0 Å². The van der Waals surface area contributed by atoms with Crippen LogP contribution in [-0.4, -0.2) is 31.6 Å². The lowest BCUT2D eigenvalue weighted by Gasteiger charge is -2.27. The number of nitrogens with one attached hydrogen (secondary N) is 2. The van der Waals surface area contributed by atoms with Crippen molar-refractivity contribution in [3.8, 4) is 0 Å². The largest absolute Gasteiger partial charge is 0.465 e. The number of amides is 1. The summed E-state index contributed by atoms with van der Waals surface area (Å²) in [5.74, 6) is -1.51. The predicted molar refractivity (Wildman–Crippen MR) is 76.6 cm³/mol. The van der Waals surface area contributed by atoms with Crippen molar-refractivity contribution in [2.24, 2.45) is 5.92 Å². The highest BCUT2D eigenvalue weighted by Crippen LogP contribution is 2.21. The Labute approximate surface area is 122 Å². The van der Waals surface area contributed by atoms with Crippen molar-refractivity contribution in [1.82, 2.24) is 5.32 Å². The Kier molecular flexibility index (Phi) is 4.90. The highest BCUT2D eigenvalue weighted by molar-refractivity contribution is 5.95. The number of esters is 1. The Morgan fingerprint density at radius 3 is 2.86 bits per heavy atom. The Bertz CT molecular complexity index is 548. The maximum Gasteiger partial charge on any atom is 0.337 e. The number of carbonyl (C=O) groups excluding carboxylic acids is 2. The van der Waals surface area contributed by atoms with Gasteiger partial charge in [0.1, 0.15) is 5.82 Å². The van der Waals surface area contributed by atoms with E-state index in [9.17, 15) is 14.0 Å². The fourth-order valence-electron chi connectivity index (χ4n) is 2.47. The molecule has 0 saturated carbocycles. The number of methoxy groups -OCH3 is 1. The second kappa shape index (κ2) is 6.67. The molecule has 0 unspecified atom stereocenters. The van der Waals surface area contributed by atoms with Gasteiger partial charge in [0, 0.05) is 12.0 Å². The van der Waals surface area contributed by atoms with Gasteiger partial charge in [0.2, 0.25) is 5.91 Å². The van der Waals surface area contributed by atoms with Gasteiger partial charge in [-0.25, -0.2) is 9.18 Å². The molecule has 21 heavy (non-hydrogen) atoms. The lowest BCUT2D eigenvalue weighted by atomic mass is 9.92. The van der Waals surface area contributed by atoms with Gasteiger partial charge < -0.3 is 15.4 Å². The van der Waals surface area contributed by atoms with E-state index in [0.717, 1.165) is 12.6 Å². The fraction of sp³-hybridized carbons (Fsp3) is 0.467. The third kappa shape index (κ3) is 3.78. The number of anilines is 1. The minimum Gasteiger partial charge on any atom is -0.465 e. The number of hydrogen-bond donors (Lipinski definition) is 2. The molecule has 1 amide bonds. The minimum atomic E-state index is -0.571. The zero-order valence-corrected chi connectivity index (χ0v) is 12.1. The van der Waals surface area contributed by atoms with Gasteiger partial charge in [0.05, 0.1) is 18.4 Å². The first-order valence-corrected chi connectivity index (χ1v) is 6.93. The molecule has 114 valence electrons. The summed E-state index contributed by atoms with van der Waals surface area (Å²) in [7, 11) is 1.25. The number of piperidine rings is 1. The van der Waals surface area contributed by atoms with Crippen LogP contribution in [0.4, 0.5) is 10.1 Å². The molecule has 2 rings (SSSR count). The predicted octanol–water partition coefficient (Wildman–Crippen LogP) is 1.94. The van der Waals surface area contributed by atoms with Crippen LogP contribution in [0.15, 0.2) is 18.2 Å². The first-order chi connectivity index (χ1) is 10.0. The molecule has 2 atom stereocenters. The molecule has 5 nitrogen and oxygen atoms in total. The van der Waals surface area contributed by atoms with Crippen molar-refractivity contribution in [2.45, 2.75) is 25.8 Å². The van der Waals surface area contributed by atoms with E-state index in [2.05, 4.69) is 15.4 Å². The lowest BCUT2D eigenvalue weighted by Crippen LogP contribution is -2.40. The number of carbonyl (C=O) groups is 2. The van der Waals surface area contributed by atoms with E-state index >= 15 is 0 Å². The topological polar surface area (TPSA) is 67.4 Å². The van der Waals surface area contributed by atoms with Crippen molar-refractivity contribution >= 4 is 17.6 Å². The van der Waals surface area contributed by atoms with Crippen LogP contribution < -0.4 is 10.6 Å². The normalized spacial score (nSPS) is 21.7. The van der Waals surface area contributed by atoms with Crippen molar-refractivity contribution in [1.29, 1.82) is 0 Å². The van der Waals surface area contributed by atoms with Crippen molar-refractivity contribution < 1.29 is 18.7 Å². The summed E-state index contributed by atoms with van der Waals surface area (Å²) in [6.07, 6.45) is 1.43. The standard InChI is InChI=1S/C15H19FN2O3/c1-9-7-10(5-6-17-9)14(19)18-13-8-11(15(20)21-2)3-4-12(13)16/h3-4,8-10,17H,5-7H2,1-2H3,(H,18,19)/t9-,10-/m0/s1. The molecule has 1 fully saturated rings. The van der Waals surface area contributed by atoms with Crippen molar-refractivity contribution in [2.75, 3.05) is 19.0 Å². The van der Waals surface area contributed by atoms with Crippen LogP contribution in [-0.2, 0) is 9.53 Å². The van der Waals surface area contributed by atoms with Crippen LogP contribution in [0.3, 0.4) is 0 Å². The van der Waals surface area contributed by atoms with E-state index in [4.69, 9.17) is 0 Å². The average Bonchev–Trinajstić information content (AvgIpc) is 2.48. The molecule has 2 N–H and O–H groups in total. The molecule has 1 heterocycles. The maximum atomic E-state index is 13.8. The molecule has 6 heteroatoms. The zero-order valence-electron chi connectivity index (χ0n) is 12.1. The summed E-state index contributed by atoms with van der Waals surface area (Å²) in [6.45, 7) is 2.78. The molecular weight excluding hydrogens is 275 g/mol. The Balaban J connectivity index is 2.11. The molecule has 1 aliphatic rings. The second-order valence-electron chi connectivity index (χ2n) is 5.25. The molecule has 1 aromatic carbocycles. The average molecular weight is 294 g/mol. The summed E-state index contributed by atoms with van der Waals surface area (Å²) < 4.78 is 18.3. The Morgan fingerprint density at radius 2 is 2.19 bits per heavy atom. The molecule has 0 aliphatic carbocycles. The Morgan fingerprint density at radius 1 is 1.43 bits per heavy atom. The summed E-state index contributed by atoms with van der Waals surface area (Å²) in [4.78, 5) is 23.6. The van der Waals surface area contributed by atoms with Gasteiger partial charge in [-0.15, -0.1) is 0 Å². The molecule has 1 aromatic rings. The van der Waals surface area contributed by atoms with Gasteiger partial charge in [-0.2, -0.15) is 0 Å². The van der Waals surface area contributed by atoms with E-state index in [1.54, 1.807) is 0 Å². The third-order valence-corrected chi connectivity index (χ3v) is 3.64. The second-order valence-corrected chi connectivity index (χ2v) is 5.25. The first kappa shape index (κ1) is 15.4. The van der Waals surface area contributed by atoms with Gasteiger partial charge in [0.25, 0.3) is 0 Å². The molecular formula is C15H19FN2O3. The molecule has 0 radical (unpaired) electrons. The van der Waals surface area contributed by atoms with Crippen LogP contribution in [0.25, 0.3) is 0 Å². The zero-order chi connectivity index (χ0) is 15.4. The van der Waals surface area contributed by atoms with Crippen molar-refractivity contribution in [3.63, 3.8) is 0 Å². The van der Waals surface area contributed by atoms with Crippen LogP contribution >= 0.6 is 0 Å². The molecule has 1 saturated heterocycles. The first-order valence-electron chi connectivity index (χ1n) is 6.93. The SMILES string of the molecule is COC(=O)c1ccc(F)c(NC(=O)[C@H]2CCN[C@@H](C)C2)c1. The number of ether oxygens (including phenoxy) is 1. The van der Waals surface area contributed by atoms with Crippen LogP contribution in [0, 0.1) is 11.7 Å². The summed E-state index contributed by atoms with van der Waals surface area (Å²) in [5.41, 5.74) is 0.210. The number of benzene rings is 1. The summed E-state index contributed by atoms with van der Waals surface area (Å²) in [5, 5.41) is 5.83. The molecule has 0 bridgehead atoms. The quantitative estimate of drug-likeness (QED) is 0.836. The highest BCUT2D eigenvalue weighted by Gasteiger charge is 2.25. The molecule has 0 aromatic heterocycles. The summed E-state index contributed by atoms with van der Waals surface area (Å²) in [6, 6.07) is 4.03. The smallest absolute Gasteiger partial charge is 0.337 e. The highest BCUT2D eigenvalue weighted by atomic mass is 19.1. The van der Waals surface area contributed by atoms with E-state index < -0.39 is 11.8 Å². The van der Waals surface area contributed by atoms with E-state index in [1.807, 2.05) is 6.92 Å². The Hall–Kier alpha value is -1.95. The van der Waals surface area contributed by atoms with E-state index in [0.29, 0.717) is 12.8 Å². The van der Waals surface area contributed by atoms with Gasteiger partial charge in [-0.3, -0.25) is 4.79 Å². The van der Waals surface area contributed by atoms with E-state index in [-0.39, 0.29) is 29.1 Å². The van der Waals surface area contributed by atoms with Crippen LogP contribution in [0.1, 0.15) is 30.1 Å². The lowest BCUT2D eigenvalue weighted by molar-refractivity contribution is -0.120. The van der Waals surface area contributed by atoms with Crippen LogP contribution in [0.2, 0.25) is 0 Å². The summed E-state index contributed by atoms with van der Waals surface area (Å²) >= 11 is 0. The van der Waals surface area contributed by atoms with E-state index in [1.165, 1.54) is 19.2 Å². The van der Waals surface area contributed by atoms with Gasteiger partial charge >= 0.3 is 5.97 Å². The number of halogens is 1. The maximum absolute atomic E-state index is 13.8. The van der Waals surface area contributed by atoms with Gasteiger partial charge in [-0.05, 0) is 44.5 Å².